The number of urea groups is 1. The molecule has 1 aliphatic carbocycles. The number of hydrogen-bond acceptors (Lipinski definition) is 4. The normalized spacial score (nSPS) is 19.1. The van der Waals surface area contributed by atoms with Gasteiger partial charge in [-0.1, -0.05) is 49.1 Å². The number of carbonyl (C=O) groups excluding carboxylic acids is 1. The van der Waals surface area contributed by atoms with Gasteiger partial charge in [0.15, 0.2) is 0 Å². The molecule has 1 atom stereocenters. The average Bonchev–Trinajstić information content (AvgIpc) is 2.87. The summed E-state index contributed by atoms with van der Waals surface area (Å²) in [4.78, 5) is 17.8. The van der Waals surface area contributed by atoms with Crippen molar-refractivity contribution in [3.63, 3.8) is 0 Å². The monoisotopic (exact) mass is 450 g/mol. The number of amides is 2. The van der Waals surface area contributed by atoms with Gasteiger partial charge in [0, 0.05) is 44.5 Å². The fourth-order valence-corrected chi connectivity index (χ4v) is 5.15. The average molecular weight is 451 g/mol. The van der Waals surface area contributed by atoms with E-state index in [9.17, 15) is 4.79 Å². The Labute approximate surface area is 198 Å². The number of nitrogens with zero attached hydrogens (tertiary/aromatic N) is 2. The third kappa shape index (κ3) is 6.49. The van der Waals surface area contributed by atoms with E-state index in [-0.39, 0.29) is 12.1 Å². The van der Waals surface area contributed by atoms with Crippen molar-refractivity contribution < 1.29 is 9.53 Å². The molecule has 6 nitrogen and oxygen atoms in total. The molecule has 0 spiro atoms. The molecule has 2 N–H and O–H groups in total. The van der Waals surface area contributed by atoms with Gasteiger partial charge in [-0.15, -0.1) is 0 Å². The third-order valence-electron chi connectivity index (χ3n) is 7.15. The van der Waals surface area contributed by atoms with Crippen LogP contribution >= 0.6 is 0 Å². The van der Waals surface area contributed by atoms with Crippen LogP contribution in [0.25, 0.3) is 0 Å². The summed E-state index contributed by atoms with van der Waals surface area (Å²) in [6.07, 6.45) is 6.84. The van der Waals surface area contributed by atoms with E-state index in [1.807, 2.05) is 43.3 Å². The van der Waals surface area contributed by atoms with Gasteiger partial charge in [0.2, 0.25) is 0 Å². The number of hydrogen-bond donors (Lipinski definition) is 2. The first kappa shape index (κ1) is 23.6. The first-order valence-corrected chi connectivity index (χ1v) is 12.4. The van der Waals surface area contributed by atoms with Crippen molar-refractivity contribution in [2.75, 3.05) is 45.2 Å². The maximum atomic E-state index is 12.6. The summed E-state index contributed by atoms with van der Waals surface area (Å²) < 4.78 is 5.35. The fourth-order valence-electron chi connectivity index (χ4n) is 5.15. The van der Waals surface area contributed by atoms with Crippen molar-refractivity contribution in [2.45, 2.75) is 51.1 Å². The molecule has 2 amide bonds. The standard InChI is InChI=1S/C27H38N4O2/c1-21-8-12-23(13-9-21)29-27(32)28-20-26(22-10-14-25(33-2)15-11-22)31-18-16-30(17-19-31)24-6-4-3-5-7-24/h8-15,24,26H,3-7,16-20H2,1-2H3,(H2,28,29,32). The van der Waals surface area contributed by atoms with Crippen LogP contribution in [0.15, 0.2) is 48.5 Å². The molecule has 6 heteroatoms. The molecule has 2 fully saturated rings. The van der Waals surface area contributed by atoms with E-state index in [2.05, 4.69) is 32.6 Å². The Kier molecular flexibility index (Phi) is 8.24. The fraction of sp³-hybridized carbons (Fsp3) is 0.519. The van der Waals surface area contributed by atoms with Gasteiger partial charge < -0.3 is 15.4 Å². The minimum atomic E-state index is -0.168. The van der Waals surface area contributed by atoms with E-state index in [1.165, 1.54) is 43.2 Å². The quantitative estimate of drug-likeness (QED) is 0.635. The second kappa shape index (κ2) is 11.5. The Morgan fingerprint density at radius 1 is 0.970 bits per heavy atom. The van der Waals surface area contributed by atoms with E-state index in [1.54, 1.807) is 7.11 Å². The molecule has 4 rings (SSSR count). The number of methoxy groups -OCH3 is 1. The number of nitrogens with one attached hydrogen (secondary N) is 2. The summed E-state index contributed by atoms with van der Waals surface area (Å²) in [6.45, 7) is 6.85. The molecule has 1 saturated heterocycles. The van der Waals surface area contributed by atoms with Crippen LogP contribution in [0.4, 0.5) is 10.5 Å². The summed E-state index contributed by atoms with van der Waals surface area (Å²) in [7, 11) is 1.69. The Balaban J connectivity index is 1.38. The number of benzene rings is 2. The van der Waals surface area contributed by atoms with Crippen LogP contribution in [0.1, 0.15) is 49.3 Å². The molecule has 1 heterocycles. The second-order valence-electron chi connectivity index (χ2n) is 9.35. The van der Waals surface area contributed by atoms with Crippen LogP contribution < -0.4 is 15.4 Å². The Bertz CT molecular complexity index is 870. The lowest BCUT2D eigenvalue weighted by molar-refractivity contribution is 0.0565. The van der Waals surface area contributed by atoms with Crippen molar-refractivity contribution in [3.05, 3.63) is 59.7 Å². The van der Waals surface area contributed by atoms with E-state index in [4.69, 9.17) is 4.74 Å². The predicted octanol–water partition coefficient (Wildman–Crippen LogP) is 4.82. The van der Waals surface area contributed by atoms with Gasteiger partial charge in [-0.3, -0.25) is 9.80 Å². The van der Waals surface area contributed by atoms with Crippen LogP contribution in [0, 0.1) is 6.92 Å². The number of carbonyl (C=O) groups is 1. The maximum Gasteiger partial charge on any atom is 0.319 e. The molecule has 1 aliphatic heterocycles. The van der Waals surface area contributed by atoms with E-state index in [0.717, 1.165) is 43.7 Å². The number of aryl methyl sites for hydroxylation is 1. The first-order valence-electron chi connectivity index (χ1n) is 12.4. The van der Waals surface area contributed by atoms with Gasteiger partial charge in [0.25, 0.3) is 0 Å². The zero-order valence-electron chi connectivity index (χ0n) is 20.1. The topological polar surface area (TPSA) is 56.8 Å². The smallest absolute Gasteiger partial charge is 0.319 e. The molecule has 2 aromatic carbocycles. The van der Waals surface area contributed by atoms with Crippen LogP contribution in [0.2, 0.25) is 0 Å². The summed E-state index contributed by atoms with van der Waals surface area (Å²) >= 11 is 0. The van der Waals surface area contributed by atoms with Gasteiger partial charge in [-0.25, -0.2) is 4.79 Å². The summed E-state index contributed by atoms with van der Waals surface area (Å²) in [5, 5.41) is 6.06. The number of piperazine rings is 1. The van der Waals surface area contributed by atoms with E-state index in [0.29, 0.717) is 6.54 Å². The van der Waals surface area contributed by atoms with E-state index < -0.39 is 0 Å². The highest BCUT2D eigenvalue weighted by Gasteiger charge is 2.29. The largest absolute Gasteiger partial charge is 0.497 e. The SMILES string of the molecule is COc1ccc(C(CNC(=O)Nc2ccc(C)cc2)N2CCN(C3CCCCC3)CC2)cc1. The van der Waals surface area contributed by atoms with Gasteiger partial charge in [-0.2, -0.15) is 0 Å². The second-order valence-corrected chi connectivity index (χ2v) is 9.35. The molecule has 0 radical (unpaired) electrons. The predicted molar refractivity (Wildman–Crippen MR) is 134 cm³/mol. The molecule has 0 aromatic heterocycles. The van der Waals surface area contributed by atoms with Gasteiger partial charge in [-0.05, 0) is 49.6 Å². The van der Waals surface area contributed by atoms with Crippen molar-refractivity contribution in [3.8, 4) is 5.75 Å². The van der Waals surface area contributed by atoms with Crippen LogP contribution in [-0.4, -0.2) is 61.7 Å². The lowest BCUT2D eigenvalue weighted by Crippen LogP contribution is -2.53. The van der Waals surface area contributed by atoms with Gasteiger partial charge >= 0.3 is 6.03 Å². The lowest BCUT2D eigenvalue weighted by atomic mass is 9.93. The van der Waals surface area contributed by atoms with Crippen LogP contribution in [-0.2, 0) is 0 Å². The molecular formula is C27H38N4O2. The minimum absolute atomic E-state index is 0.133. The van der Waals surface area contributed by atoms with E-state index >= 15 is 0 Å². The third-order valence-corrected chi connectivity index (χ3v) is 7.15. The van der Waals surface area contributed by atoms with Crippen LogP contribution in [0.5, 0.6) is 5.75 Å². The number of ether oxygens (including phenoxy) is 1. The van der Waals surface area contributed by atoms with Gasteiger partial charge in [0.05, 0.1) is 13.2 Å². The Hall–Kier alpha value is -2.57. The Morgan fingerprint density at radius 2 is 1.64 bits per heavy atom. The first-order chi connectivity index (χ1) is 16.1. The molecule has 2 aromatic rings. The maximum absolute atomic E-state index is 12.6. The highest BCUT2D eigenvalue weighted by molar-refractivity contribution is 5.89. The molecule has 33 heavy (non-hydrogen) atoms. The summed E-state index contributed by atoms with van der Waals surface area (Å²) in [6, 6.07) is 16.8. The highest BCUT2D eigenvalue weighted by Crippen LogP contribution is 2.27. The molecule has 2 aliphatic rings. The lowest BCUT2D eigenvalue weighted by Gasteiger charge is -2.43. The molecule has 178 valence electrons. The summed E-state index contributed by atoms with van der Waals surface area (Å²) in [5.74, 6) is 0.852. The van der Waals surface area contributed by atoms with Crippen molar-refractivity contribution in [1.82, 2.24) is 15.1 Å². The van der Waals surface area contributed by atoms with Crippen molar-refractivity contribution >= 4 is 11.7 Å². The minimum Gasteiger partial charge on any atom is -0.497 e. The molecular weight excluding hydrogens is 412 g/mol. The van der Waals surface area contributed by atoms with Crippen molar-refractivity contribution in [1.29, 1.82) is 0 Å². The molecule has 0 bridgehead atoms. The van der Waals surface area contributed by atoms with Gasteiger partial charge in [0.1, 0.15) is 5.75 Å². The highest BCUT2D eigenvalue weighted by atomic mass is 16.5. The van der Waals surface area contributed by atoms with Crippen LogP contribution in [0.3, 0.4) is 0 Å². The van der Waals surface area contributed by atoms with Crippen molar-refractivity contribution in [2.24, 2.45) is 0 Å². The number of anilines is 1. The zero-order chi connectivity index (χ0) is 23.0. The Morgan fingerprint density at radius 3 is 2.27 bits per heavy atom. The molecule has 1 unspecified atom stereocenters. The number of rotatable bonds is 7. The molecule has 1 saturated carbocycles. The zero-order valence-corrected chi connectivity index (χ0v) is 20.1. The summed E-state index contributed by atoms with van der Waals surface area (Å²) in [5.41, 5.74) is 3.19.